The number of rotatable bonds is 9. The van der Waals surface area contributed by atoms with Crippen molar-refractivity contribution < 1.29 is 40.3 Å². The Labute approximate surface area is 200 Å². The molecule has 190 valence electrons. The minimum Gasteiger partial charge on any atom is -0.468 e. The van der Waals surface area contributed by atoms with E-state index >= 15 is 0 Å². The molecule has 1 N–H and O–H groups in total. The summed E-state index contributed by atoms with van der Waals surface area (Å²) in [4.78, 5) is 17.6. The van der Waals surface area contributed by atoms with Gasteiger partial charge in [-0.05, 0) is 43.8 Å². The first-order valence-electron chi connectivity index (χ1n) is 10.3. The lowest BCUT2D eigenvalue weighted by molar-refractivity contribution is -0.274. The maximum atomic E-state index is 13.6. The lowest BCUT2D eigenvalue weighted by atomic mass is 10.1. The molecule has 1 aromatic carbocycles. The van der Waals surface area contributed by atoms with Crippen molar-refractivity contribution in [2.75, 3.05) is 13.6 Å². The van der Waals surface area contributed by atoms with Gasteiger partial charge in [0.15, 0.2) is 5.69 Å². The number of likely N-dealkylation sites (N-methyl/N-ethyl adjacent to an activating group) is 1. The number of aromatic nitrogens is 1. The van der Waals surface area contributed by atoms with Gasteiger partial charge in [0, 0.05) is 13.0 Å². The fraction of sp³-hybridized carbons (Fsp3) is 0.364. The van der Waals surface area contributed by atoms with E-state index in [4.69, 9.17) is 4.42 Å². The Morgan fingerprint density at radius 1 is 1.20 bits per heavy atom. The zero-order valence-electron chi connectivity index (χ0n) is 18.5. The van der Waals surface area contributed by atoms with Crippen LogP contribution in [0.3, 0.4) is 0 Å². The monoisotopic (exact) mass is 521 g/mol. The first kappa shape index (κ1) is 26.5. The molecule has 0 radical (unpaired) electrons. The third kappa shape index (κ3) is 7.72. The summed E-state index contributed by atoms with van der Waals surface area (Å²) in [7, 11) is 1.77. The second-order valence-electron chi connectivity index (χ2n) is 7.67. The van der Waals surface area contributed by atoms with E-state index < -0.39 is 40.8 Å². The highest BCUT2D eigenvalue weighted by Crippen LogP contribution is 2.35. The average Bonchev–Trinajstić information content (AvgIpc) is 3.41. The molecule has 6 nitrogen and oxygen atoms in total. The molecule has 3 rings (SSSR count). The summed E-state index contributed by atoms with van der Waals surface area (Å²) in [5.41, 5.74) is -1.08. The number of amides is 1. The van der Waals surface area contributed by atoms with Gasteiger partial charge in [-0.15, -0.1) is 24.5 Å². The lowest BCUT2D eigenvalue weighted by Gasteiger charge is -2.16. The van der Waals surface area contributed by atoms with Gasteiger partial charge < -0.3 is 14.5 Å². The van der Waals surface area contributed by atoms with Crippen LogP contribution in [0.5, 0.6) is 5.75 Å². The third-order valence-electron chi connectivity index (χ3n) is 4.80. The molecule has 2 heterocycles. The van der Waals surface area contributed by atoms with E-state index in [1.54, 1.807) is 19.2 Å². The highest BCUT2D eigenvalue weighted by Gasteiger charge is 2.40. The third-order valence-corrected chi connectivity index (χ3v) is 5.91. The van der Waals surface area contributed by atoms with Crippen molar-refractivity contribution in [2.24, 2.45) is 0 Å². The smallest absolute Gasteiger partial charge is 0.468 e. The molecule has 0 saturated heterocycles. The number of halogens is 6. The van der Waals surface area contributed by atoms with E-state index in [0.29, 0.717) is 30.2 Å². The topological polar surface area (TPSA) is 67.6 Å². The van der Waals surface area contributed by atoms with Gasteiger partial charge in [0.05, 0.1) is 23.9 Å². The Hall–Kier alpha value is -3.06. The second-order valence-corrected chi connectivity index (χ2v) is 8.75. The molecule has 0 aliphatic carbocycles. The molecule has 0 spiro atoms. The van der Waals surface area contributed by atoms with Crippen molar-refractivity contribution in [1.82, 2.24) is 15.2 Å². The van der Waals surface area contributed by atoms with Gasteiger partial charge >= 0.3 is 12.5 Å². The van der Waals surface area contributed by atoms with Crippen LogP contribution in [-0.4, -0.2) is 35.7 Å². The van der Waals surface area contributed by atoms with E-state index in [-0.39, 0.29) is 17.0 Å². The molecule has 1 unspecified atom stereocenters. The number of hydrogen-bond donors (Lipinski definition) is 1. The van der Waals surface area contributed by atoms with Crippen LogP contribution < -0.4 is 10.1 Å². The Balaban J connectivity index is 1.71. The molecule has 3 aromatic rings. The van der Waals surface area contributed by atoms with Crippen molar-refractivity contribution in [3.63, 3.8) is 0 Å². The number of carbonyl (C=O) groups is 1. The van der Waals surface area contributed by atoms with Gasteiger partial charge in [0.25, 0.3) is 5.91 Å². The van der Waals surface area contributed by atoms with Crippen LogP contribution >= 0.6 is 11.3 Å². The molecule has 2 aromatic heterocycles. The minimum absolute atomic E-state index is 0.127. The lowest BCUT2D eigenvalue weighted by Crippen LogP contribution is -2.28. The van der Waals surface area contributed by atoms with E-state index in [1.165, 1.54) is 25.3 Å². The normalized spacial score (nSPS) is 13.2. The van der Waals surface area contributed by atoms with Gasteiger partial charge in [0.2, 0.25) is 0 Å². The molecule has 1 atom stereocenters. The molecule has 0 bridgehead atoms. The minimum atomic E-state index is -4.90. The van der Waals surface area contributed by atoms with Gasteiger partial charge in [-0.25, -0.2) is 4.98 Å². The van der Waals surface area contributed by atoms with Crippen LogP contribution in [-0.2, 0) is 19.1 Å². The predicted octanol–water partition coefficient (Wildman–Crippen LogP) is 5.82. The molecular formula is C22H21F6N3O3S. The van der Waals surface area contributed by atoms with Crippen molar-refractivity contribution >= 4 is 17.2 Å². The van der Waals surface area contributed by atoms with Crippen LogP contribution in [0.2, 0.25) is 0 Å². The first-order chi connectivity index (χ1) is 16.3. The number of thiazole rings is 1. The fourth-order valence-electron chi connectivity index (χ4n) is 3.18. The summed E-state index contributed by atoms with van der Waals surface area (Å²) in [5.74, 6) is -0.841. The maximum Gasteiger partial charge on any atom is 0.573 e. The van der Waals surface area contributed by atoms with E-state index in [0.717, 1.165) is 12.1 Å². The molecular weight excluding hydrogens is 500 g/mol. The average molecular weight is 521 g/mol. The molecule has 0 aliphatic rings. The molecule has 1 amide bonds. The zero-order valence-corrected chi connectivity index (χ0v) is 19.4. The van der Waals surface area contributed by atoms with E-state index in [2.05, 4.69) is 15.0 Å². The Kier molecular flexibility index (Phi) is 8.11. The summed E-state index contributed by atoms with van der Waals surface area (Å²) in [6.45, 7) is 2.25. The standard InChI is InChI=1S/C22H21F6N3O3S/c1-13(14-5-3-6-15(11-14)34-22(26,27)28)29-20(32)18-19(21(23,24)25)30-17(35-18)8-9-31(2)12-16-7-4-10-33-16/h3-7,10-11,13H,8-9,12H2,1-2H3,(H,29,32). The van der Waals surface area contributed by atoms with Crippen LogP contribution in [0.1, 0.15) is 44.7 Å². The SMILES string of the molecule is CC(NC(=O)c1sc(CCN(C)Cc2ccco2)nc1C(F)(F)F)c1cccc(OC(F)(F)F)c1. The van der Waals surface area contributed by atoms with E-state index in [9.17, 15) is 31.1 Å². The number of furan rings is 1. The number of nitrogens with one attached hydrogen (secondary N) is 1. The van der Waals surface area contributed by atoms with Gasteiger partial charge in [0.1, 0.15) is 16.4 Å². The number of carbonyl (C=O) groups excluding carboxylic acids is 1. The summed E-state index contributed by atoms with van der Waals surface area (Å²) < 4.78 is 87.2. The summed E-state index contributed by atoms with van der Waals surface area (Å²) >= 11 is 0.626. The van der Waals surface area contributed by atoms with Crippen molar-refractivity contribution in [3.05, 3.63) is 69.6 Å². The zero-order chi connectivity index (χ0) is 25.8. The number of alkyl halides is 6. The molecule has 0 fully saturated rings. The molecule has 0 aliphatic heterocycles. The van der Waals surface area contributed by atoms with Crippen LogP contribution in [0.25, 0.3) is 0 Å². The number of ether oxygens (including phenoxy) is 1. The molecule has 0 saturated carbocycles. The number of hydrogen-bond acceptors (Lipinski definition) is 6. The molecule has 13 heteroatoms. The largest absolute Gasteiger partial charge is 0.573 e. The van der Waals surface area contributed by atoms with Gasteiger partial charge in [-0.3, -0.25) is 9.69 Å². The Morgan fingerprint density at radius 2 is 1.94 bits per heavy atom. The summed E-state index contributed by atoms with van der Waals surface area (Å²) in [6, 6.07) is 7.43. The predicted molar refractivity (Wildman–Crippen MR) is 115 cm³/mol. The van der Waals surface area contributed by atoms with Crippen LogP contribution in [0.15, 0.2) is 47.1 Å². The van der Waals surface area contributed by atoms with Crippen molar-refractivity contribution in [1.29, 1.82) is 0 Å². The number of nitrogens with zero attached hydrogens (tertiary/aromatic N) is 2. The summed E-state index contributed by atoms with van der Waals surface area (Å²) in [6.07, 6.45) is -8.07. The number of benzene rings is 1. The maximum absolute atomic E-state index is 13.6. The Morgan fingerprint density at radius 3 is 2.57 bits per heavy atom. The second kappa shape index (κ2) is 10.7. The molecule has 35 heavy (non-hydrogen) atoms. The van der Waals surface area contributed by atoms with Gasteiger partial charge in [-0.1, -0.05) is 12.1 Å². The van der Waals surface area contributed by atoms with Crippen LogP contribution in [0, 0.1) is 0 Å². The van der Waals surface area contributed by atoms with Crippen molar-refractivity contribution in [3.8, 4) is 5.75 Å². The van der Waals surface area contributed by atoms with Gasteiger partial charge in [-0.2, -0.15) is 13.2 Å². The quantitative estimate of drug-likeness (QED) is 0.360. The van der Waals surface area contributed by atoms with E-state index in [1.807, 2.05) is 4.90 Å². The first-order valence-corrected chi connectivity index (χ1v) is 11.1. The van der Waals surface area contributed by atoms with Crippen molar-refractivity contribution in [2.45, 2.75) is 38.5 Å². The summed E-state index contributed by atoms with van der Waals surface area (Å²) in [5, 5.41) is 2.52. The highest BCUT2D eigenvalue weighted by atomic mass is 32.1. The fourth-order valence-corrected chi connectivity index (χ4v) is 4.15. The Bertz CT molecular complexity index is 1130. The highest BCUT2D eigenvalue weighted by molar-refractivity contribution is 7.13. The van der Waals surface area contributed by atoms with Crippen LogP contribution in [0.4, 0.5) is 26.3 Å².